The summed E-state index contributed by atoms with van der Waals surface area (Å²) in [6, 6.07) is 0. The van der Waals surface area contributed by atoms with Crippen molar-refractivity contribution in [1.29, 1.82) is 0 Å². The van der Waals surface area contributed by atoms with Gasteiger partial charge in [-0.05, 0) is 44.6 Å². The summed E-state index contributed by atoms with van der Waals surface area (Å²) >= 11 is 0. The smallest absolute Gasteiger partial charge is 0.211 e. The molecule has 5 nitrogen and oxygen atoms in total. The van der Waals surface area contributed by atoms with E-state index in [0.29, 0.717) is 25.1 Å². The van der Waals surface area contributed by atoms with Crippen LogP contribution >= 0.6 is 0 Å². The fourth-order valence-corrected chi connectivity index (χ4v) is 4.34. The van der Waals surface area contributed by atoms with Crippen LogP contribution in [0.25, 0.3) is 0 Å². The summed E-state index contributed by atoms with van der Waals surface area (Å²) in [4.78, 5) is 2.48. The maximum absolute atomic E-state index is 11.6. The van der Waals surface area contributed by atoms with Crippen LogP contribution in [0.1, 0.15) is 39.0 Å². The van der Waals surface area contributed by atoms with Crippen molar-refractivity contribution in [2.45, 2.75) is 45.1 Å². The van der Waals surface area contributed by atoms with Gasteiger partial charge in [0.15, 0.2) is 0 Å². The van der Waals surface area contributed by atoms with E-state index in [2.05, 4.69) is 11.8 Å². The largest absolute Gasteiger partial charge is 0.377 e. The zero-order valence-electron chi connectivity index (χ0n) is 13.5. The second kappa shape index (κ2) is 7.90. The second-order valence-corrected chi connectivity index (χ2v) is 8.51. The molecule has 2 atom stereocenters. The molecule has 0 radical (unpaired) electrons. The van der Waals surface area contributed by atoms with Crippen LogP contribution in [0.2, 0.25) is 0 Å². The van der Waals surface area contributed by atoms with Gasteiger partial charge in [0.2, 0.25) is 10.0 Å². The molecule has 0 aromatic rings. The zero-order valence-corrected chi connectivity index (χ0v) is 14.3. The Bertz CT molecular complexity index is 407. The van der Waals surface area contributed by atoms with Crippen LogP contribution in [0, 0.1) is 5.92 Å². The molecule has 0 unspecified atom stereocenters. The summed E-state index contributed by atoms with van der Waals surface area (Å²) < 4.78 is 30.7. The normalized spacial score (nSPS) is 28.3. The van der Waals surface area contributed by atoms with Crippen LogP contribution in [0.5, 0.6) is 0 Å². The predicted octanol–water partition coefficient (Wildman–Crippen LogP) is 1.55. The average molecular weight is 318 g/mol. The van der Waals surface area contributed by atoms with Crippen molar-refractivity contribution in [3.63, 3.8) is 0 Å². The van der Waals surface area contributed by atoms with E-state index in [1.807, 2.05) is 0 Å². The lowest BCUT2D eigenvalue weighted by Crippen LogP contribution is -2.39. The number of hydrogen-bond acceptors (Lipinski definition) is 4. The Hall–Kier alpha value is -0.170. The Morgan fingerprint density at radius 2 is 2.05 bits per heavy atom. The van der Waals surface area contributed by atoms with Crippen molar-refractivity contribution in [2.24, 2.45) is 5.92 Å². The van der Waals surface area contributed by atoms with E-state index in [4.69, 9.17) is 4.74 Å². The third-order valence-corrected chi connectivity index (χ3v) is 5.78. The lowest BCUT2D eigenvalue weighted by Gasteiger charge is -2.31. The van der Waals surface area contributed by atoms with Crippen molar-refractivity contribution in [1.82, 2.24) is 9.21 Å². The number of nitrogens with zero attached hydrogens (tertiary/aromatic N) is 2. The van der Waals surface area contributed by atoms with Crippen LogP contribution in [-0.2, 0) is 14.8 Å². The molecular weight excluding hydrogens is 288 g/mol. The summed E-state index contributed by atoms with van der Waals surface area (Å²) in [5.74, 6) is 0.467. The van der Waals surface area contributed by atoms with Gasteiger partial charge < -0.3 is 9.64 Å². The van der Waals surface area contributed by atoms with Gasteiger partial charge in [0.05, 0.1) is 12.4 Å². The molecule has 2 rings (SSSR count). The van der Waals surface area contributed by atoms with Crippen LogP contribution in [0.4, 0.5) is 0 Å². The van der Waals surface area contributed by atoms with E-state index >= 15 is 0 Å². The summed E-state index contributed by atoms with van der Waals surface area (Å²) in [5.41, 5.74) is 0. The van der Waals surface area contributed by atoms with Crippen molar-refractivity contribution in [2.75, 3.05) is 45.6 Å². The van der Waals surface area contributed by atoms with Gasteiger partial charge in [-0.1, -0.05) is 6.92 Å². The molecule has 2 aliphatic rings. The Kier molecular flexibility index (Phi) is 6.47. The van der Waals surface area contributed by atoms with Crippen molar-refractivity contribution < 1.29 is 13.2 Å². The Morgan fingerprint density at radius 1 is 1.24 bits per heavy atom. The predicted molar refractivity (Wildman–Crippen MR) is 84.8 cm³/mol. The Balaban J connectivity index is 1.82. The van der Waals surface area contributed by atoms with Crippen molar-refractivity contribution >= 4 is 10.0 Å². The summed E-state index contributed by atoms with van der Waals surface area (Å²) in [7, 11) is -3.02. The van der Waals surface area contributed by atoms with Gasteiger partial charge in [-0.2, -0.15) is 0 Å². The molecule has 0 N–H and O–H groups in total. The lowest BCUT2D eigenvalue weighted by molar-refractivity contribution is -0.00783. The number of sulfonamides is 1. The van der Waals surface area contributed by atoms with Gasteiger partial charge in [0.25, 0.3) is 0 Å². The molecule has 0 spiro atoms. The van der Waals surface area contributed by atoms with Crippen LogP contribution in [-0.4, -0.2) is 69.3 Å². The van der Waals surface area contributed by atoms with E-state index < -0.39 is 10.0 Å². The number of ether oxygens (including phenoxy) is 1. The molecule has 0 aliphatic carbocycles. The van der Waals surface area contributed by atoms with Gasteiger partial charge in [0.1, 0.15) is 0 Å². The molecule has 2 fully saturated rings. The van der Waals surface area contributed by atoms with E-state index in [-0.39, 0.29) is 0 Å². The highest BCUT2D eigenvalue weighted by Crippen LogP contribution is 2.21. The molecule has 2 aliphatic heterocycles. The average Bonchev–Trinajstić information content (AvgIpc) is 2.89. The molecule has 6 heteroatoms. The summed E-state index contributed by atoms with van der Waals surface area (Å²) in [6.45, 7) is 7.55. The molecule has 124 valence electrons. The monoisotopic (exact) mass is 318 g/mol. The van der Waals surface area contributed by atoms with Gasteiger partial charge in [-0.15, -0.1) is 0 Å². The van der Waals surface area contributed by atoms with Gasteiger partial charge in [-0.3, -0.25) is 0 Å². The van der Waals surface area contributed by atoms with Crippen molar-refractivity contribution in [3.8, 4) is 0 Å². The third kappa shape index (κ3) is 5.51. The standard InChI is InChI=1S/C15H30N2O3S/c1-3-8-16(13-15-6-4-5-10-20-15)11-14-7-9-17(12-14)21(2,18)19/h14-15H,3-13H2,1-2H3/t14-,15+/m0/s1. The first-order valence-electron chi connectivity index (χ1n) is 8.28. The molecule has 0 saturated carbocycles. The number of rotatable bonds is 7. The van der Waals surface area contributed by atoms with Gasteiger partial charge in [0, 0.05) is 32.8 Å². The highest BCUT2D eigenvalue weighted by atomic mass is 32.2. The van der Waals surface area contributed by atoms with Gasteiger partial charge in [-0.25, -0.2) is 12.7 Å². The maximum Gasteiger partial charge on any atom is 0.211 e. The van der Waals surface area contributed by atoms with Crippen LogP contribution in [0.15, 0.2) is 0 Å². The molecule has 0 bridgehead atoms. The molecule has 0 aromatic carbocycles. The fourth-order valence-electron chi connectivity index (χ4n) is 3.43. The minimum absolute atomic E-state index is 0.373. The highest BCUT2D eigenvalue weighted by Gasteiger charge is 2.30. The van der Waals surface area contributed by atoms with E-state index in [1.165, 1.54) is 25.5 Å². The van der Waals surface area contributed by atoms with E-state index in [1.54, 1.807) is 4.31 Å². The van der Waals surface area contributed by atoms with Crippen molar-refractivity contribution in [3.05, 3.63) is 0 Å². The molecule has 21 heavy (non-hydrogen) atoms. The van der Waals surface area contributed by atoms with E-state index in [0.717, 1.165) is 39.1 Å². The molecule has 0 amide bonds. The second-order valence-electron chi connectivity index (χ2n) is 6.52. The quantitative estimate of drug-likeness (QED) is 0.715. The Labute approximate surface area is 129 Å². The highest BCUT2D eigenvalue weighted by molar-refractivity contribution is 7.88. The minimum atomic E-state index is -3.02. The first kappa shape index (κ1) is 17.2. The topological polar surface area (TPSA) is 49.9 Å². The first-order valence-corrected chi connectivity index (χ1v) is 10.1. The Morgan fingerprint density at radius 3 is 2.62 bits per heavy atom. The SMILES string of the molecule is CCCN(C[C@@H]1CCN(S(C)(=O)=O)C1)C[C@H]1CCCCO1. The first-order chi connectivity index (χ1) is 9.99. The summed E-state index contributed by atoms with van der Waals surface area (Å²) in [5, 5.41) is 0. The maximum atomic E-state index is 11.6. The lowest BCUT2D eigenvalue weighted by atomic mass is 10.1. The zero-order chi connectivity index (χ0) is 15.3. The van der Waals surface area contributed by atoms with Gasteiger partial charge >= 0.3 is 0 Å². The fraction of sp³-hybridized carbons (Fsp3) is 1.00. The molecule has 2 saturated heterocycles. The third-order valence-electron chi connectivity index (χ3n) is 4.51. The minimum Gasteiger partial charge on any atom is -0.377 e. The van der Waals surface area contributed by atoms with Crippen LogP contribution in [0.3, 0.4) is 0 Å². The molecular formula is C15H30N2O3S. The van der Waals surface area contributed by atoms with Crippen LogP contribution < -0.4 is 0 Å². The molecule has 2 heterocycles. The number of hydrogen-bond donors (Lipinski definition) is 0. The summed E-state index contributed by atoms with van der Waals surface area (Å²) in [6.07, 6.45) is 7.44. The molecule has 0 aromatic heterocycles. The van der Waals surface area contributed by atoms with E-state index in [9.17, 15) is 8.42 Å².